The zero-order valence-corrected chi connectivity index (χ0v) is 20.5. The molecule has 0 saturated heterocycles. The first-order valence-corrected chi connectivity index (χ1v) is 12.6. The number of rotatable bonds is 8. The van der Waals surface area contributed by atoms with E-state index in [0.717, 1.165) is 34.2 Å². The Morgan fingerprint density at radius 2 is 1.82 bits per heavy atom. The van der Waals surface area contributed by atoms with Crippen molar-refractivity contribution >= 4 is 38.9 Å². The van der Waals surface area contributed by atoms with Crippen LogP contribution < -0.4 is 15.5 Å². The van der Waals surface area contributed by atoms with Gasteiger partial charge in [-0.1, -0.05) is 0 Å². The first-order chi connectivity index (χ1) is 15.6. The first-order valence-electron chi connectivity index (χ1n) is 11.2. The summed E-state index contributed by atoms with van der Waals surface area (Å²) in [5.74, 6) is -0.486. The van der Waals surface area contributed by atoms with E-state index in [1.54, 1.807) is 12.1 Å². The summed E-state index contributed by atoms with van der Waals surface area (Å²) in [5, 5.41) is 5.62. The van der Waals surface area contributed by atoms with Crippen molar-refractivity contribution in [1.29, 1.82) is 0 Å². The molecule has 1 aliphatic rings. The standard InChI is InChI=1S/C24H32N4O4S/c1-5-28(6-2)19-10-12-21(17(3)14-19)25-24(30)16-27(4)33(31,32)20-11-13-22-18(15-20)8-7-9-23(29)26-22/h10-15H,5-9,16H2,1-4H3,(H,25,30)(H,26,29). The van der Waals surface area contributed by atoms with E-state index in [9.17, 15) is 18.0 Å². The van der Waals surface area contributed by atoms with Crippen molar-refractivity contribution in [3.63, 3.8) is 0 Å². The molecular weight excluding hydrogens is 440 g/mol. The number of nitrogens with zero attached hydrogens (tertiary/aromatic N) is 2. The van der Waals surface area contributed by atoms with Crippen LogP contribution in [0, 0.1) is 6.92 Å². The van der Waals surface area contributed by atoms with E-state index in [4.69, 9.17) is 0 Å². The van der Waals surface area contributed by atoms with Gasteiger partial charge in [0.15, 0.2) is 0 Å². The lowest BCUT2D eigenvalue weighted by molar-refractivity contribution is -0.117. The monoisotopic (exact) mass is 472 g/mol. The Labute approximate surface area is 196 Å². The Kier molecular flexibility index (Phi) is 7.76. The van der Waals surface area contributed by atoms with Crippen LogP contribution in [-0.4, -0.2) is 51.2 Å². The van der Waals surface area contributed by atoms with E-state index in [-0.39, 0.29) is 17.3 Å². The van der Waals surface area contributed by atoms with Crippen LogP contribution in [0.25, 0.3) is 0 Å². The van der Waals surface area contributed by atoms with Crippen LogP contribution in [0.5, 0.6) is 0 Å². The zero-order valence-electron chi connectivity index (χ0n) is 19.6. The number of fused-ring (bicyclic) bond motifs is 1. The minimum Gasteiger partial charge on any atom is -0.372 e. The van der Waals surface area contributed by atoms with Crippen molar-refractivity contribution in [2.24, 2.45) is 0 Å². The lowest BCUT2D eigenvalue weighted by atomic mass is 10.1. The van der Waals surface area contributed by atoms with Gasteiger partial charge >= 0.3 is 0 Å². The van der Waals surface area contributed by atoms with Gasteiger partial charge in [-0.3, -0.25) is 9.59 Å². The number of carbonyl (C=O) groups is 2. The van der Waals surface area contributed by atoms with Crippen molar-refractivity contribution < 1.29 is 18.0 Å². The number of likely N-dealkylation sites (N-methyl/N-ethyl adjacent to an activating group) is 1. The Hall–Kier alpha value is -2.91. The number of benzene rings is 2. The molecule has 8 nitrogen and oxygen atoms in total. The molecule has 178 valence electrons. The number of sulfonamides is 1. The lowest BCUT2D eigenvalue weighted by Crippen LogP contribution is -2.35. The van der Waals surface area contributed by atoms with Crippen molar-refractivity contribution in [2.75, 3.05) is 42.2 Å². The van der Waals surface area contributed by atoms with Gasteiger partial charge in [0, 0.05) is 43.6 Å². The molecule has 0 aliphatic carbocycles. The number of nitrogens with one attached hydrogen (secondary N) is 2. The molecule has 33 heavy (non-hydrogen) atoms. The largest absolute Gasteiger partial charge is 0.372 e. The van der Waals surface area contributed by atoms with E-state index in [1.165, 1.54) is 13.1 Å². The summed E-state index contributed by atoms with van der Waals surface area (Å²) in [6.45, 7) is 7.56. The molecule has 1 heterocycles. The fourth-order valence-electron chi connectivity index (χ4n) is 3.94. The fourth-order valence-corrected chi connectivity index (χ4v) is 5.12. The zero-order chi connectivity index (χ0) is 24.2. The van der Waals surface area contributed by atoms with E-state index < -0.39 is 15.9 Å². The fraction of sp³-hybridized carbons (Fsp3) is 0.417. The normalized spacial score (nSPS) is 13.8. The molecule has 0 saturated carbocycles. The molecule has 0 aromatic heterocycles. The highest BCUT2D eigenvalue weighted by Crippen LogP contribution is 2.27. The molecule has 0 radical (unpaired) electrons. The average molecular weight is 473 g/mol. The summed E-state index contributed by atoms with van der Waals surface area (Å²) in [4.78, 5) is 26.7. The highest BCUT2D eigenvalue weighted by Gasteiger charge is 2.25. The second kappa shape index (κ2) is 10.4. The quantitative estimate of drug-likeness (QED) is 0.614. The molecule has 2 amide bonds. The van der Waals surface area contributed by atoms with Crippen molar-refractivity contribution in [1.82, 2.24) is 4.31 Å². The molecule has 0 unspecified atom stereocenters. The second-order valence-electron chi connectivity index (χ2n) is 8.20. The maximum absolute atomic E-state index is 13.1. The van der Waals surface area contributed by atoms with Crippen LogP contribution >= 0.6 is 0 Å². The molecule has 0 spiro atoms. The van der Waals surface area contributed by atoms with Crippen molar-refractivity contribution in [3.8, 4) is 0 Å². The molecule has 2 aromatic rings. The third kappa shape index (κ3) is 5.72. The summed E-state index contributed by atoms with van der Waals surface area (Å²) >= 11 is 0. The van der Waals surface area contributed by atoms with Gasteiger partial charge in [-0.05, 0) is 81.1 Å². The number of anilines is 3. The molecular formula is C24H32N4O4S. The van der Waals surface area contributed by atoms with Gasteiger partial charge in [0.05, 0.1) is 11.4 Å². The first kappa shape index (κ1) is 24.7. The Morgan fingerprint density at radius 1 is 1.09 bits per heavy atom. The highest BCUT2D eigenvalue weighted by molar-refractivity contribution is 7.89. The molecule has 3 rings (SSSR count). The number of carbonyl (C=O) groups excluding carboxylic acids is 2. The van der Waals surface area contributed by atoms with Crippen LogP contribution in [0.3, 0.4) is 0 Å². The lowest BCUT2D eigenvalue weighted by Gasteiger charge is -2.22. The Balaban J connectivity index is 1.70. The average Bonchev–Trinajstić information content (AvgIpc) is 2.96. The number of hydrogen-bond donors (Lipinski definition) is 2. The summed E-state index contributed by atoms with van der Waals surface area (Å²) in [7, 11) is -2.48. The van der Waals surface area contributed by atoms with Gasteiger partial charge in [-0.15, -0.1) is 0 Å². The second-order valence-corrected chi connectivity index (χ2v) is 10.2. The summed E-state index contributed by atoms with van der Waals surface area (Å²) in [6.07, 6.45) is 1.68. The van der Waals surface area contributed by atoms with Gasteiger partial charge in [0.2, 0.25) is 21.8 Å². The molecule has 2 aromatic carbocycles. The molecule has 0 fully saturated rings. The summed E-state index contributed by atoms with van der Waals surface area (Å²) in [6, 6.07) is 10.5. The van der Waals surface area contributed by atoms with E-state index in [0.29, 0.717) is 30.6 Å². The van der Waals surface area contributed by atoms with Crippen LogP contribution in [-0.2, 0) is 26.0 Å². The summed E-state index contributed by atoms with van der Waals surface area (Å²) < 4.78 is 27.2. The molecule has 1 aliphatic heterocycles. The van der Waals surface area contributed by atoms with Gasteiger partial charge < -0.3 is 15.5 Å². The number of hydrogen-bond acceptors (Lipinski definition) is 5. The predicted molar refractivity (Wildman–Crippen MR) is 131 cm³/mol. The van der Waals surface area contributed by atoms with E-state index in [1.807, 2.05) is 25.1 Å². The molecule has 0 bridgehead atoms. The third-order valence-electron chi connectivity index (χ3n) is 5.89. The minimum atomic E-state index is -3.87. The maximum atomic E-state index is 13.1. The van der Waals surface area contributed by atoms with Crippen LogP contribution in [0.4, 0.5) is 17.1 Å². The van der Waals surface area contributed by atoms with Gasteiger partial charge in [-0.2, -0.15) is 4.31 Å². The SMILES string of the molecule is CCN(CC)c1ccc(NC(=O)CN(C)S(=O)(=O)c2ccc3c(c2)CCCC(=O)N3)c(C)c1. The molecule has 2 N–H and O–H groups in total. The Morgan fingerprint density at radius 3 is 2.48 bits per heavy atom. The van der Waals surface area contributed by atoms with Crippen LogP contribution in [0.1, 0.15) is 37.8 Å². The van der Waals surface area contributed by atoms with E-state index in [2.05, 4.69) is 29.4 Å². The van der Waals surface area contributed by atoms with Crippen LogP contribution in [0.2, 0.25) is 0 Å². The van der Waals surface area contributed by atoms with Crippen LogP contribution in [0.15, 0.2) is 41.3 Å². The summed E-state index contributed by atoms with van der Waals surface area (Å²) in [5.41, 5.74) is 4.06. The number of amides is 2. The predicted octanol–water partition coefficient (Wildman–Crippen LogP) is 3.38. The third-order valence-corrected chi connectivity index (χ3v) is 7.69. The minimum absolute atomic E-state index is 0.0708. The van der Waals surface area contributed by atoms with E-state index >= 15 is 0 Å². The molecule has 9 heteroatoms. The maximum Gasteiger partial charge on any atom is 0.243 e. The number of aryl methyl sites for hydroxylation is 2. The van der Waals surface area contributed by atoms with Gasteiger partial charge in [0.25, 0.3) is 0 Å². The van der Waals surface area contributed by atoms with Crippen molar-refractivity contribution in [3.05, 3.63) is 47.5 Å². The van der Waals surface area contributed by atoms with Gasteiger partial charge in [0.1, 0.15) is 0 Å². The topological polar surface area (TPSA) is 98.8 Å². The van der Waals surface area contributed by atoms with Crippen molar-refractivity contribution in [2.45, 2.75) is 44.9 Å². The Bertz CT molecular complexity index is 1140. The highest BCUT2D eigenvalue weighted by atomic mass is 32.2. The smallest absolute Gasteiger partial charge is 0.243 e. The van der Waals surface area contributed by atoms with Gasteiger partial charge in [-0.25, -0.2) is 8.42 Å². The molecule has 0 atom stereocenters.